The lowest BCUT2D eigenvalue weighted by atomic mass is 10.1. The van der Waals surface area contributed by atoms with Gasteiger partial charge in [0.1, 0.15) is 17.4 Å². The van der Waals surface area contributed by atoms with Gasteiger partial charge >= 0.3 is 0 Å². The molecular weight excluding hydrogens is 286 g/mol. The Bertz CT molecular complexity index is 745. The monoisotopic (exact) mass is 299 g/mol. The van der Waals surface area contributed by atoms with Gasteiger partial charge in [-0.2, -0.15) is 5.26 Å². The van der Waals surface area contributed by atoms with Crippen LogP contribution >= 0.6 is 11.8 Å². The molecule has 1 heterocycles. The number of methoxy groups -OCH3 is 1. The summed E-state index contributed by atoms with van der Waals surface area (Å²) in [7, 11) is 1.57. The lowest BCUT2D eigenvalue weighted by molar-refractivity contribution is 0.415. The molecule has 0 spiro atoms. The van der Waals surface area contributed by atoms with Gasteiger partial charge in [0.25, 0.3) is 5.56 Å². The van der Waals surface area contributed by atoms with E-state index >= 15 is 0 Å². The minimum absolute atomic E-state index is 0.00289. The van der Waals surface area contributed by atoms with Crippen LogP contribution in [0.2, 0.25) is 0 Å². The Hall–Kier alpha value is -2.52. The zero-order valence-electron chi connectivity index (χ0n) is 11.4. The lowest BCUT2D eigenvalue weighted by Crippen LogP contribution is -2.14. The molecule has 0 unspecified atom stereocenters. The number of nitriles is 1. The van der Waals surface area contributed by atoms with Crippen LogP contribution in [0.5, 0.6) is 5.75 Å². The van der Waals surface area contributed by atoms with E-state index in [0.29, 0.717) is 27.9 Å². The minimum Gasteiger partial charge on any atom is -0.497 e. The molecule has 6 heteroatoms. The van der Waals surface area contributed by atoms with Crippen molar-refractivity contribution in [2.24, 2.45) is 0 Å². The second kappa shape index (κ2) is 6.77. The Morgan fingerprint density at radius 1 is 1.48 bits per heavy atom. The summed E-state index contributed by atoms with van der Waals surface area (Å²) >= 11 is 1.35. The van der Waals surface area contributed by atoms with Gasteiger partial charge in [-0.1, -0.05) is 17.8 Å². The van der Waals surface area contributed by atoms with Crippen molar-refractivity contribution in [3.63, 3.8) is 0 Å². The first-order valence-electron chi connectivity index (χ1n) is 6.12. The molecule has 2 aromatic rings. The van der Waals surface area contributed by atoms with E-state index in [1.54, 1.807) is 37.5 Å². The Morgan fingerprint density at radius 3 is 2.76 bits per heavy atom. The fraction of sp³-hybridized carbons (Fsp3) is 0.133. The first-order chi connectivity index (χ1) is 10.2. The van der Waals surface area contributed by atoms with Crippen molar-refractivity contribution in [3.8, 4) is 23.1 Å². The van der Waals surface area contributed by atoms with E-state index < -0.39 is 5.56 Å². The van der Waals surface area contributed by atoms with Gasteiger partial charge in [-0.05, 0) is 24.3 Å². The molecule has 0 radical (unpaired) electrons. The maximum absolute atomic E-state index is 12.0. The number of nitrogens with one attached hydrogen (secondary N) is 1. The number of H-pyrrole nitrogens is 1. The highest BCUT2D eigenvalue weighted by Crippen LogP contribution is 2.24. The van der Waals surface area contributed by atoms with Crippen LogP contribution < -0.4 is 10.3 Å². The minimum atomic E-state index is -0.440. The number of aromatic nitrogens is 2. The Kier molecular flexibility index (Phi) is 4.80. The quantitative estimate of drug-likeness (QED) is 0.521. The summed E-state index contributed by atoms with van der Waals surface area (Å²) in [6, 6.07) is 8.96. The number of rotatable bonds is 5. The number of ether oxygens (including phenoxy) is 1. The third kappa shape index (κ3) is 3.33. The Labute approximate surface area is 126 Å². The van der Waals surface area contributed by atoms with Crippen LogP contribution in [0.25, 0.3) is 11.3 Å². The van der Waals surface area contributed by atoms with Crippen molar-refractivity contribution in [2.45, 2.75) is 5.16 Å². The van der Waals surface area contributed by atoms with Crippen LogP contribution in [0.4, 0.5) is 0 Å². The van der Waals surface area contributed by atoms with Crippen molar-refractivity contribution < 1.29 is 4.74 Å². The molecule has 106 valence electrons. The maximum atomic E-state index is 12.0. The SMILES string of the molecule is C=CCSc1nc(-c2ccc(OC)cc2)c(C#N)c(=O)[nH]1. The first-order valence-corrected chi connectivity index (χ1v) is 7.10. The summed E-state index contributed by atoms with van der Waals surface area (Å²) in [6.07, 6.45) is 1.72. The van der Waals surface area contributed by atoms with Gasteiger partial charge in [-0.25, -0.2) is 4.98 Å². The molecule has 1 aromatic heterocycles. The van der Waals surface area contributed by atoms with E-state index in [4.69, 9.17) is 4.74 Å². The fourth-order valence-corrected chi connectivity index (χ4v) is 2.32. The topological polar surface area (TPSA) is 78.8 Å². The van der Waals surface area contributed by atoms with Gasteiger partial charge in [-0.15, -0.1) is 6.58 Å². The van der Waals surface area contributed by atoms with Gasteiger partial charge in [0.05, 0.1) is 12.8 Å². The van der Waals surface area contributed by atoms with Crippen LogP contribution in [0.1, 0.15) is 5.56 Å². The van der Waals surface area contributed by atoms with Gasteiger partial charge in [0.15, 0.2) is 5.16 Å². The van der Waals surface area contributed by atoms with Crippen molar-refractivity contribution in [1.82, 2.24) is 9.97 Å². The van der Waals surface area contributed by atoms with Gasteiger partial charge in [0.2, 0.25) is 0 Å². The average Bonchev–Trinajstić information content (AvgIpc) is 2.52. The second-order valence-electron chi connectivity index (χ2n) is 4.03. The lowest BCUT2D eigenvalue weighted by Gasteiger charge is -2.06. The molecule has 0 saturated heterocycles. The van der Waals surface area contributed by atoms with Crippen molar-refractivity contribution in [3.05, 3.63) is 52.8 Å². The molecule has 5 nitrogen and oxygen atoms in total. The highest BCUT2D eigenvalue weighted by molar-refractivity contribution is 7.99. The molecule has 0 amide bonds. The standard InChI is InChI=1S/C15H13N3O2S/c1-3-8-21-15-17-13(12(9-16)14(19)18-15)10-4-6-11(20-2)7-5-10/h3-7H,1,8H2,2H3,(H,17,18,19). The normalized spacial score (nSPS) is 9.90. The summed E-state index contributed by atoms with van der Waals surface area (Å²) in [5.41, 5.74) is 0.627. The van der Waals surface area contributed by atoms with Crippen molar-refractivity contribution >= 4 is 11.8 Å². The predicted octanol–water partition coefficient (Wildman–Crippen LogP) is 2.60. The van der Waals surface area contributed by atoms with E-state index in [9.17, 15) is 10.1 Å². The highest BCUT2D eigenvalue weighted by Gasteiger charge is 2.13. The van der Waals surface area contributed by atoms with Crippen molar-refractivity contribution in [1.29, 1.82) is 5.26 Å². The van der Waals surface area contributed by atoms with Gasteiger partial charge in [0, 0.05) is 11.3 Å². The molecule has 0 atom stereocenters. The third-order valence-electron chi connectivity index (χ3n) is 2.71. The summed E-state index contributed by atoms with van der Waals surface area (Å²) in [5.74, 6) is 1.32. The summed E-state index contributed by atoms with van der Waals surface area (Å²) in [4.78, 5) is 18.9. The van der Waals surface area contributed by atoms with Crippen LogP contribution in [-0.4, -0.2) is 22.8 Å². The number of nitrogens with zero attached hydrogens (tertiary/aromatic N) is 2. The third-order valence-corrected chi connectivity index (χ3v) is 3.58. The van der Waals surface area contributed by atoms with E-state index in [-0.39, 0.29) is 5.56 Å². The molecule has 0 aliphatic carbocycles. The average molecular weight is 299 g/mol. The maximum Gasteiger partial charge on any atom is 0.270 e. The fourth-order valence-electron chi connectivity index (χ4n) is 1.72. The molecule has 21 heavy (non-hydrogen) atoms. The Morgan fingerprint density at radius 2 is 2.19 bits per heavy atom. The van der Waals surface area contributed by atoms with Crippen LogP contribution in [0, 0.1) is 11.3 Å². The number of benzene rings is 1. The van der Waals surface area contributed by atoms with E-state index in [2.05, 4.69) is 16.5 Å². The van der Waals surface area contributed by atoms with E-state index in [1.807, 2.05) is 6.07 Å². The molecule has 0 bridgehead atoms. The van der Waals surface area contributed by atoms with E-state index in [1.165, 1.54) is 11.8 Å². The van der Waals surface area contributed by atoms with Crippen LogP contribution in [0.3, 0.4) is 0 Å². The molecular formula is C15H13N3O2S. The predicted molar refractivity (Wildman–Crippen MR) is 82.5 cm³/mol. The molecule has 0 aliphatic rings. The smallest absolute Gasteiger partial charge is 0.270 e. The molecule has 2 rings (SSSR count). The van der Waals surface area contributed by atoms with Crippen molar-refractivity contribution in [2.75, 3.05) is 12.9 Å². The molecule has 1 N–H and O–H groups in total. The molecule has 0 saturated carbocycles. The summed E-state index contributed by atoms with van der Waals surface area (Å²) in [6.45, 7) is 3.62. The first kappa shape index (κ1) is 14.9. The largest absolute Gasteiger partial charge is 0.497 e. The zero-order chi connectivity index (χ0) is 15.2. The number of aromatic amines is 1. The van der Waals surface area contributed by atoms with Crippen LogP contribution in [0.15, 0.2) is 46.9 Å². The molecule has 0 fully saturated rings. The van der Waals surface area contributed by atoms with E-state index in [0.717, 1.165) is 0 Å². The van der Waals surface area contributed by atoms with Crippen LogP contribution in [-0.2, 0) is 0 Å². The highest BCUT2D eigenvalue weighted by atomic mass is 32.2. The Balaban J connectivity index is 2.53. The summed E-state index contributed by atoms with van der Waals surface area (Å²) < 4.78 is 5.09. The second-order valence-corrected chi connectivity index (χ2v) is 5.04. The number of hydrogen-bond acceptors (Lipinski definition) is 5. The number of hydrogen-bond donors (Lipinski definition) is 1. The van der Waals surface area contributed by atoms with Gasteiger partial charge in [-0.3, -0.25) is 4.79 Å². The zero-order valence-corrected chi connectivity index (χ0v) is 12.2. The van der Waals surface area contributed by atoms with Gasteiger partial charge < -0.3 is 9.72 Å². The molecule has 1 aromatic carbocycles. The summed E-state index contributed by atoms with van der Waals surface area (Å²) in [5, 5.41) is 9.63. The molecule has 0 aliphatic heterocycles. The number of thioether (sulfide) groups is 1.